The summed E-state index contributed by atoms with van der Waals surface area (Å²) in [5.74, 6) is 0.598. The van der Waals surface area contributed by atoms with Gasteiger partial charge in [-0.2, -0.15) is 5.26 Å². The number of nitriles is 1. The Hall–Kier alpha value is -1.58. The Kier molecular flexibility index (Phi) is 5.80. The Morgan fingerprint density at radius 3 is 2.47 bits per heavy atom. The van der Waals surface area contributed by atoms with Crippen LogP contribution in [0.3, 0.4) is 0 Å². The molecule has 1 atom stereocenters. The van der Waals surface area contributed by atoms with E-state index >= 15 is 0 Å². The van der Waals surface area contributed by atoms with Crippen LogP contribution in [0.2, 0.25) is 0 Å². The first-order valence-corrected chi connectivity index (χ1v) is 7.92. The van der Waals surface area contributed by atoms with Crippen LogP contribution in [0, 0.1) is 11.3 Å². The zero-order valence-electron chi connectivity index (χ0n) is 11.1. The highest BCUT2D eigenvalue weighted by molar-refractivity contribution is 7.90. The first-order chi connectivity index (χ1) is 8.97. The molecule has 0 aliphatic rings. The second-order valence-electron chi connectivity index (χ2n) is 4.12. The highest BCUT2D eigenvalue weighted by Crippen LogP contribution is 2.16. The molecule has 0 fully saturated rings. The Morgan fingerprint density at radius 2 is 2.00 bits per heavy atom. The normalized spacial score (nSPS) is 12.7. The van der Waals surface area contributed by atoms with E-state index in [2.05, 4.69) is 11.4 Å². The van der Waals surface area contributed by atoms with E-state index in [0.717, 1.165) is 12.8 Å². The molecule has 1 aromatic carbocycles. The van der Waals surface area contributed by atoms with Crippen molar-refractivity contribution in [3.05, 3.63) is 24.3 Å². The van der Waals surface area contributed by atoms with Gasteiger partial charge in [-0.25, -0.2) is 8.42 Å². The van der Waals surface area contributed by atoms with Gasteiger partial charge in [0.05, 0.1) is 23.6 Å². The predicted octanol–water partition coefficient (Wildman–Crippen LogP) is 1.36. The molecular weight excluding hydrogens is 264 g/mol. The number of nitrogens with one attached hydrogen (secondary N) is 1. The summed E-state index contributed by atoms with van der Waals surface area (Å²) in [5, 5.41) is 11.9. The van der Waals surface area contributed by atoms with Gasteiger partial charge in [-0.3, -0.25) is 0 Å². The van der Waals surface area contributed by atoms with Gasteiger partial charge < -0.3 is 10.1 Å². The zero-order chi connectivity index (χ0) is 14.3. The van der Waals surface area contributed by atoms with Gasteiger partial charge in [-0.05, 0) is 30.8 Å². The molecule has 0 saturated heterocycles. The molecular formula is C13H18N2O3S. The van der Waals surface area contributed by atoms with Gasteiger partial charge in [0.25, 0.3) is 0 Å². The van der Waals surface area contributed by atoms with Crippen LogP contribution in [-0.4, -0.2) is 33.9 Å². The van der Waals surface area contributed by atoms with Crippen molar-refractivity contribution in [2.45, 2.75) is 24.3 Å². The molecule has 0 spiro atoms. The van der Waals surface area contributed by atoms with E-state index in [9.17, 15) is 8.42 Å². The molecule has 0 bridgehead atoms. The fourth-order valence-corrected chi connectivity index (χ4v) is 2.17. The maximum atomic E-state index is 11.3. The maximum absolute atomic E-state index is 11.3. The molecule has 1 aromatic rings. The SMILES string of the molecule is CCNC(C#N)CCOc1ccc(S(C)(=O)=O)cc1. The summed E-state index contributed by atoms with van der Waals surface area (Å²) in [5.41, 5.74) is 0. The average Bonchev–Trinajstić information content (AvgIpc) is 2.37. The lowest BCUT2D eigenvalue weighted by Crippen LogP contribution is -2.28. The molecule has 1 rings (SSSR count). The average molecular weight is 282 g/mol. The monoisotopic (exact) mass is 282 g/mol. The molecule has 1 unspecified atom stereocenters. The van der Waals surface area contributed by atoms with Crippen molar-refractivity contribution in [2.24, 2.45) is 0 Å². The molecule has 104 valence electrons. The first-order valence-electron chi connectivity index (χ1n) is 6.03. The van der Waals surface area contributed by atoms with Gasteiger partial charge in [-0.15, -0.1) is 0 Å². The van der Waals surface area contributed by atoms with Crippen molar-refractivity contribution in [2.75, 3.05) is 19.4 Å². The molecule has 0 heterocycles. The van der Waals surface area contributed by atoms with Crippen LogP contribution in [-0.2, 0) is 9.84 Å². The van der Waals surface area contributed by atoms with E-state index < -0.39 is 9.84 Å². The molecule has 0 aromatic heterocycles. The van der Waals surface area contributed by atoms with Crippen LogP contribution >= 0.6 is 0 Å². The van der Waals surface area contributed by atoms with E-state index in [0.29, 0.717) is 18.8 Å². The third kappa shape index (κ3) is 5.28. The summed E-state index contributed by atoms with van der Waals surface area (Å²) in [6.45, 7) is 3.08. The van der Waals surface area contributed by atoms with Gasteiger partial charge >= 0.3 is 0 Å². The van der Waals surface area contributed by atoms with Crippen LogP contribution in [0.4, 0.5) is 0 Å². The lowest BCUT2D eigenvalue weighted by molar-refractivity contribution is 0.298. The topological polar surface area (TPSA) is 79.2 Å². The maximum Gasteiger partial charge on any atom is 0.175 e. The van der Waals surface area contributed by atoms with Crippen molar-refractivity contribution in [3.8, 4) is 11.8 Å². The minimum Gasteiger partial charge on any atom is -0.493 e. The summed E-state index contributed by atoms with van der Waals surface area (Å²) in [6, 6.07) is 8.18. The third-order valence-corrected chi connectivity index (χ3v) is 3.66. The largest absolute Gasteiger partial charge is 0.493 e. The summed E-state index contributed by atoms with van der Waals surface area (Å²) < 4.78 is 28.0. The smallest absolute Gasteiger partial charge is 0.175 e. The number of hydrogen-bond acceptors (Lipinski definition) is 5. The highest BCUT2D eigenvalue weighted by Gasteiger charge is 2.07. The van der Waals surface area contributed by atoms with Gasteiger partial charge in [0.1, 0.15) is 5.75 Å². The molecule has 0 radical (unpaired) electrons. The van der Waals surface area contributed by atoms with Gasteiger partial charge in [-0.1, -0.05) is 6.92 Å². The molecule has 19 heavy (non-hydrogen) atoms. The molecule has 1 N–H and O–H groups in total. The van der Waals surface area contributed by atoms with Crippen molar-refractivity contribution in [3.63, 3.8) is 0 Å². The minimum atomic E-state index is -3.17. The molecule has 6 heteroatoms. The standard InChI is InChI=1S/C13H18N2O3S/c1-3-15-11(10-14)8-9-18-12-4-6-13(7-5-12)19(2,16)17/h4-7,11,15H,3,8-9H2,1-2H3. The van der Waals surface area contributed by atoms with Crippen LogP contribution in [0.5, 0.6) is 5.75 Å². The fraction of sp³-hybridized carbons (Fsp3) is 0.462. The van der Waals surface area contributed by atoms with Crippen molar-refractivity contribution >= 4 is 9.84 Å². The lowest BCUT2D eigenvalue weighted by atomic mass is 10.2. The van der Waals surface area contributed by atoms with Gasteiger partial charge in [0.2, 0.25) is 0 Å². The highest BCUT2D eigenvalue weighted by atomic mass is 32.2. The van der Waals surface area contributed by atoms with Crippen LogP contribution in [0.1, 0.15) is 13.3 Å². The number of hydrogen-bond donors (Lipinski definition) is 1. The number of rotatable bonds is 7. The summed E-state index contributed by atoms with van der Waals surface area (Å²) in [7, 11) is -3.17. The second-order valence-corrected chi connectivity index (χ2v) is 6.14. The number of nitrogens with zero attached hydrogens (tertiary/aromatic N) is 1. The van der Waals surface area contributed by atoms with E-state index in [1.54, 1.807) is 12.1 Å². The molecule has 0 aliphatic heterocycles. The number of sulfone groups is 1. The summed E-state index contributed by atoms with van der Waals surface area (Å²) >= 11 is 0. The minimum absolute atomic E-state index is 0.222. The summed E-state index contributed by atoms with van der Waals surface area (Å²) in [4.78, 5) is 0.266. The predicted molar refractivity (Wildman–Crippen MR) is 72.7 cm³/mol. The van der Waals surface area contributed by atoms with E-state index in [1.807, 2.05) is 6.92 Å². The Balaban J connectivity index is 2.49. The molecule has 0 amide bonds. The summed E-state index contributed by atoms with van der Waals surface area (Å²) in [6.07, 6.45) is 1.75. The number of benzene rings is 1. The number of ether oxygens (including phenoxy) is 1. The van der Waals surface area contributed by atoms with Gasteiger partial charge in [0.15, 0.2) is 9.84 Å². The van der Waals surface area contributed by atoms with E-state index in [4.69, 9.17) is 10.00 Å². The van der Waals surface area contributed by atoms with Crippen molar-refractivity contribution < 1.29 is 13.2 Å². The Morgan fingerprint density at radius 1 is 1.37 bits per heavy atom. The van der Waals surface area contributed by atoms with Crippen molar-refractivity contribution in [1.82, 2.24) is 5.32 Å². The third-order valence-electron chi connectivity index (χ3n) is 2.53. The van der Waals surface area contributed by atoms with E-state index in [-0.39, 0.29) is 10.9 Å². The van der Waals surface area contributed by atoms with Gasteiger partial charge in [0, 0.05) is 12.7 Å². The lowest BCUT2D eigenvalue weighted by Gasteiger charge is -2.11. The van der Waals surface area contributed by atoms with Crippen LogP contribution < -0.4 is 10.1 Å². The quantitative estimate of drug-likeness (QED) is 0.817. The van der Waals surface area contributed by atoms with E-state index in [1.165, 1.54) is 12.1 Å². The zero-order valence-corrected chi connectivity index (χ0v) is 11.9. The molecule has 0 aliphatic carbocycles. The fourth-order valence-electron chi connectivity index (χ4n) is 1.54. The second kappa shape index (κ2) is 7.12. The van der Waals surface area contributed by atoms with Crippen LogP contribution in [0.25, 0.3) is 0 Å². The van der Waals surface area contributed by atoms with Crippen LogP contribution in [0.15, 0.2) is 29.2 Å². The Bertz CT molecular complexity index is 532. The van der Waals surface area contributed by atoms with Crippen molar-refractivity contribution in [1.29, 1.82) is 5.26 Å². The Labute approximate surface area is 114 Å². The molecule has 0 saturated carbocycles. The first kappa shape index (κ1) is 15.5. The molecule has 5 nitrogen and oxygen atoms in total.